The topological polar surface area (TPSA) is 69.3 Å². The van der Waals surface area contributed by atoms with Crippen molar-refractivity contribution in [1.29, 1.82) is 0 Å². The summed E-state index contributed by atoms with van der Waals surface area (Å²) in [6, 6.07) is 9.41. The third-order valence-corrected chi connectivity index (χ3v) is 4.43. The van der Waals surface area contributed by atoms with Crippen molar-refractivity contribution in [2.24, 2.45) is 0 Å². The molecule has 1 fully saturated rings. The Kier molecular flexibility index (Phi) is 4.76. The molecule has 1 aromatic heterocycles. The number of nitrogens with zero attached hydrogens (tertiary/aromatic N) is 3. The van der Waals surface area contributed by atoms with Gasteiger partial charge in [0.2, 0.25) is 0 Å². The number of H-pyrrole nitrogens is 1. The molecule has 1 N–H and O–H groups in total. The van der Waals surface area contributed by atoms with Gasteiger partial charge in [-0.05, 0) is 19.5 Å². The number of carbonyl (C=O) groups is 1. The van der Waals surface area contributed by atoms with Gasteiger partial charge in [0.15, 0.2) is 0 Å². The molecule has 1 saturated heterocycles. The number of aromatic nitrogens is 2. The predicted molar refractivity (Wildman–Crippen MR) is 93.0 cm³/mol. The summed E-state index contributed by atoms with van der Waals surface area (Å²) in [5.74, 6) is -0.140. The minimum absolute atomic E-state index is 0.140. The summed E-state index contributed by atoms with van der Waals surface area (Å²) in [5, 5.41) is 0. The zero-order valence-corrected chi connectivity index (χ0v) is 14.1. The zero-order valence-electron chi connectivity index (χ0n) is 14.1. The summed E-state index contributed by atoms with van der Waals surface area (Å²) < 4.78 is 0. The maximum Gasteiger partial charge on any atom is 0.346 e. The molecule has 126 valence electrons. The van der Waals surface area contributed by atoms with Crippen LogP contribution in [0.5, 0.6) is 0 Å². The first-order valence-electron chi connectivity index (χ1n) is 8.27. The van der Waals surface area contributed by atoms with Crippen molar-refractivity contribution < 1.29 is 4.79 Å². The van der Waals surface area contributed by atoms with Gasteiger partial charge < -0.3 is 14.8 Å². The van der Waals surface area contributed by atoms with Crippen molar-refractivity contribution in [2.45, 2.75) is 13.8 Å². The van der Waals surface area contributed by atoms with Crippen molar-refractivity contribution in [2.75, 3.05) is 32.7 Å². The number of likely N-dealkylation sites (N-methyl/N-ethyl adjacent to an activating group) is 1. The van der Waals surface area contributed by atoms with Crippen LogP contribution in [-0.2, 0) is 0 Å². The number of nitrogens with one attached hydrogen (secondary N) is 1. The van der Waals surface area contributed by atoms with Crippen molar-refractivity contribution in [3.63, 3.8) is 0 Å². The lowest BCUT2D eigenvalue weighted by Gasteiger charge is -2.33. The Hall–Kier alpha value is -2.47. The number of piperazine rings is 1. The zero-order chi connectivity index (χ0) is 17.1. The molecule has 0 unspecified atom stereocenters. The molecule has 6 heteroatoms. The van der Waals surface area contributed by atoms with Crippen molar-refractivity contribution >= 4 is 5.91 Å². The van der Waals surface area contributed by atoms with Crippen LogP contribution < -0.4 is 5.69 Å². The van der Waals surface area contributed by atoms with Gasteiger partial charge in [0.25, 0.3) is 5.91 Å². The van der Waals surface area contributed by atoms with E-state index in [1.165, 1.54) is 0 Å². The van der Waals surface area contributed by atoms with Crippen LogP contribution in [0.4, 0.5) is 0 Å². The molecule has 6 nitrogen and oxygen atoms in total. The second kappa shape index (κ2) is 6.97. The second-order valence-corrected chi connectivity index (χ2v) is 6.08. The summed E-state index contributed by atoms with van der Waals surface area (Å²) in [4.78, 5) is 35.3. The molecule has 1 aromatic carbocycles. The third-order valence-electron chi connectivity index (χ3n) is 4.43. The molecular weight excluding hydrogens is 304 g/mol. The molecule has 24 heavy (non-hydrogen) atoms. The maximum atomic E-state index is 12.7. The molecule has 0 bridgehead atoms. The lowest BCUT2D eigenvalue weighted by atomic mass is 10.1. The van der Waals surface area contributed by atoms with Crippen LogP contribution >= 0.6 is 0 Å². The first-order chi connectivity index (χ1) is 11.6. The number of benzene rings is 1. The molecule has 2 aromatic rings. The maximum absolute atomic E-state index is 12.7. The van der Waals surface area contributed by atoms with Gasteiger partial charge in [0.1, 0.15) is 5.69 Å². The lowest BCUT2D eigenvalue weighted by molar-refractivity contribution is 0.0637. The smallest absolute Gasteiger partial charge is 0.335 e. The van der Waals surface area contributed by atoms with Crippen LogP contribution in [-0.4, -0.2) is 58.4 Å². The third kappa shape index (κ3) is 3.54. The number of hydrogen-bond acceptors (Lipinski definition) is 4. The molecule has 1 aliphatic heterocycles. The molecule has 1 amide bonds. The van der Waals surface area contributed by atoms with Gasteiger partial charge in [0.05, 0.1) is 5.69 Å². The van der Waals surface area contributed by atoms with E-state index >= 15 is 0 Å². The van der Waals surface area contributed by atoms with E-state index in [4.69, 9.17) is 0 Å². The molecule has 0 atom stereocenters. The number of rotatable bonds is 3. The molecule has 0 spiro atoms. The van der Waals surface area contributed by atoms with Crippen LogP contribution in [0, 0.1) is 6.92 Å². The fourth-order valence-corrected chi connectivity index (χ4v) is 2.88. The summed E-state index contributed by atoms with van der Waals surface area (Å²) in [5.41, 5.74) is 2.29. The van der Waals surface area contributed by atoms with Gasteiger partial charge in [-0.3, -0.25) is 4.79 Å². The van der Waals surface area contributed by atoms with Gasteiger partial charge in [-0.1, -0.05) is 36.8 Å². The molecule has 0 radical (unpaired) electrons. The van der Waals surface area contributed by atoms with Gasteiger partial charge in [-0.2, -0.15) is 4.98 Å². The van der Waals surface area contributed by atoms with Crippen LogP contribution in [0.25, 0.3) is 11.3 Å². The normalized spacial score (nSPS) is 15.5. The number of carbonyl (C=O) groups excluding carboxylic acids is 1. The average molecular weight is 326 g/mol. The number of hydrogen-bond donors (Lipinski definition) is 1. The fourth-order valence-electron chi connectivity index (χ4n) is 2.88. The van der Waals surface area contributed by atoms with E-state index in [1.54, 1.807) is 11.0 Å². The molecule has 0 aliphatic carbocycles. The Morgan fingerprint density at radius 3 is 2.46 bits per heavy atom. The van der Waals surface area contributed by atoms with Crippen LogP contribution in [0.1, 0.15) is 23.0 Å². The molecular formula is C18H22N4O2. The second-order valence-electron chi connectivity index (χ2n) is 6.08. The first-order valence-corrected chi connectivity index (χ1v) is 8.27. The minimum Gasteiger partial charge on any atom is -0.335 e. The van der Waals surface area contributed by atoms with E-state index in [1.807, 2.05) is 31.2 Å². The highest BCUT2D eigenvalue weighted by Crippen LogP contribution is 2.17. The largest absolute Gasteiger partial charge is 0.346 e. The fraction of sp³-hybridized carbons (Fsp3) is 0.389. The van der Waals surface area contributed by atoms with Crippen molar-refractivity contribution in [3.8, 4) is 11.3 Å². The molecule has 0 saturated carbocycles. The summed E-state index contributed by atoms with van der Waals surface area (Å²) in [7, 11) is 0. The summed E-state index contributed by atoms with van der Waals surface area (Å²) in [6.45, 7) is 8.19. The van der Waals surface area contributed by atoms with Crippen LogP contribution in [0.2, 0.25) is 0 Å². The first kappa shape index (κ1) is 16.4. The Balaban J connectivity index is 1.85. The average Bonchev–Trinajstić information content (AvgIpc) is 2.61. The molecule has 2 heterocycles. The minimum atomic E-state index is -0.497. The highest BCUT2D eigenvalue weighted by Gasteiger charge is 2.22. The van der Waals surface area contributed by atoms with Gasteiger partial charge in [-0.25, -0.2) is 4.79 Å². The Labute approximate surface area is 141 Å². The van der Waals surface area contributed by atoms with E-state index < -0.39 is 5.69 Å². The van der Waals surface area contributed by atoms with E-state index in [0.29, 0.717) is 24.5 Å². The van der Waals surface area contributed by atoms with Crippen molar-refractivity contribution in [3.05, 3.63) is 52.1 Å². The number of aryl methyl sites for hydroxylation is 1. The van der Waals surface area contributed by atoms with E-state index in [-0.39, 0.29) is 5.91 Å². The quantitative estimate of drug-likeness (QED) is 0.928. The monoisotopic (exact) mass is 326 g/mol. The van der Waals surface area contributed by atoms with E-state index in [2.05, 4.69) is 21.8 Å². The van der Waals surface area contributed by atoms with Gasteiger partial charge in [-0.15, -0.1) is 0 Å². The highest BCUT2D eigenvalue weighted by atomic mass is 16.2. The van der Waals surface area contributed by atoms with Crippen molar-refractivity contribution in [1.82, 2.24) is 19.8 Å². The molecule has 1 aliphatic rings. The van der Waals surface area contributed by atoms with Crippen LogP contribution in [0.3, 0.4) is 0 Å². The summed E-state index contributed by atoms with van der Waals surface area (Å²) >= 11 is 0. The van der Waals surface area contributed by atoms with E-state index in [9.17, 15) is 9.59 Å². The highest BCUT2D eigenvalue weighted by molar-refractivity contribution is 5.93. The van der Waals surface area contributed by atoms with Gasteiger partial charge in [0, 0.05) is 31.7 Å². The lowest BCUT2D eigenvalue weighted by Crippen LogP contribution is -2.48. The van der Waals surface area contributed by atoms with Gasteiger partial charge >= 0.3 is 5.69 Å². The number of aromatic amines is 1. The predicted octanol–water partition coefficient (Wildman–Crippen LogP) is 1.52. The Morgan fingerprint density at radius 2 is 1.83 bits per heavy atom. The Bertz CT molecular complexity index is 774. The summed E-state index contributed by atoms with van der Waals surface area (Å²) in [6.07, 6.45) is 0. The van der Waals surface area contributed by atoms with E-state index in [0.717, 1.165) is 30.8 Å². The van der Waals surface area contributed by atoms with Crippen LogP contribution in [0.15, 0.2) is 35.1 Å². The SMILES string of the molecule is CCN1CCN(C(=O)c2cc(-c3ccc(C)cc3)nc(=O)[nH]2)CC1. The number of amides is 1. The molecule has 3 rings (SSSR count). The Morgan fingerprint density at radius 1 is 1.17 bits per heavy atom. The standard InChI is InChI=1S/C18H22N4O2/c1-3-21-8-10-22(11-9-21)17(23)16-12-15(19-18(24)20-16)14-6-4-13(2)5-7-14/h4-7,12H,3,8-11H2,1-2H3,(H,19,20,24).